The number of benzene rings is 2. The molecule has 3 rings (SSSR count). The van der Waals surface area contributed by atoms with Gasteiger partial charge < -0.3 is 14.6 Å². The van der Waals surface area contributed by atoms with Crippen molar-refractivity contribution in [3.63, 3.8) is 0 Å². The first-order valence-corrected chi connectivity index (χ1v) is 9.81. The van der Waals surface area contributed by atoms with Crippen molar-refractivity contribution in [2.75, 3.05) is 13.2 Å². The highest BCUT2D eigenvalue weighted by molar-refractivity contribution is 8.18. The minimum atomic E-state index is -1.27. The second kappa shape index (κ2) is 9.45. The van der Waals surface area contributed by atoms with Crippen molar-refractivity contribution in [2.45, 2.75) is 13.5 Å². The van der Waals surface area contributed by atoms with Crippen LogP contribution in [0, 0.1) is 5.82 Å². The molecule has 0 saturated carbocycles. The molecular formula is C21H18FNO6S. The van der Waals surface area contributed by atoms with Crippen LogP contribution in [-0.2, 0) is 16.2 Å². The summed E-state index contributed by atoms with van der Waals surface area (Å²) in [6, 6.07) is 11.2. The molecule has 0 unspecified atom stereocenters. The summed E-state index contributed by atoms with van der Waals surface area (Å²) >= 11 is 0.673. The average Bonchev–Trinajstić information content (AvgIpc) is 2.96. The first-order valence-electron chi connectivity index (χ1n) is 8.99. The largest absolute Gasteiger partial charge is 0.490 e. The Bertz CT molecular complexity index is 1020. The Kier molecular flexibility index (Phi) is 6.73. The molecule has 0 aromatic heterocycles. The zero-order chi connectivity index (χ0) is 21.7. The van der Waals surface area contributed by atoms with Crippen LogP contribution in [0.5, 0.6) is 11.5 Å². The smallest absolute Gasteiger partial charge is 0.323 e. The first kappa shape index (κ1) is 21.4. The molecular weight excluding hydrogens is 413 g/mol. The predicted molar refractivity (Wildman–Crippen MR) is 109 cm³/mol. The lowest BCUT2D eigenvalue weighted by Gasteiger charge is -2.13. The van der Waals surface area contributed by atoms with E-state index in [9.17, 15) is 18.8 Å². The minimum absolute atomic E-state index is 0.0141. The average molecular weight is 431 g/mol. The Morgan fingerprint density at radius 1 is 1.17 bits per heavy atom. The molecule has 1 fully saturated rings. The fraction of sp³-hybridized carbons (Fsp3) is 0.190. The van der Waals surface area contributed by atoms with Gasteiger partial charge in [0, 0.05) is 5.56 Å². The molecule has 7 nitrogen and oxygen atoms in total. The molecule has 0 atom stereocenters. The van der Waals surface area contributed by atoms with E-state index in [1.54, 1.807) is 43.3 Å². The van der Waals surface area contributed by atoms with Crippen LogP contribution in [0.2, 0.25) is 0 Å². The summed E-state index contributed by atoms with van der Waals surface area (Å²) in [6.45, 7) is 1.48. The number of carboxylic acids is 1. The number of imide groups is 1. The molecule has 0 bridgehead atoms. The van der Waals surface area contributed by atoms with Crippen molar-refractivity contribution in [1.82, 2.24) is 4.90 Å². The maximum atomic E-state index is 13.8. The normalized spacial score (nSPS) is 15.0. The van der Waals surface area contributed by atoms with Crippen LogP contribution < -0.4 is 9.47 Å². The number of thioether (sulfide) groups is 1. The summed E-state index contributed by atoms with van der Waals surface area (Å²) in [7, 11) is 0. The summed E-state index contributed by atoms with van der Waals surface area (Å²) in [5.74, 6) is -1.51. The molecule has 1 N–H and O–H groups in total. The lowest BCUT2D eigenvalue weighted by molar-refractivity contribution is -0.140. The molecule has 0 spiro atoms. The molecule has 2 aromatic carbocycles. The van der Waals surface area contributed by atoms with Gasteiger partial charge in [-0.25, -0.2) is 4.39 Å². The second-order valence-electron chi connectivity index (χ2n) is 6.18. The van der Waals surface area contributed by atoms with Crippen molar-refractivity contribution in [1.29, 1.82) is 0 Å². The molecule has 1 heterocycles. The number of halogens is 1. The number of aliphatic carboxylic acids is 1. The summed E-state index contributed by atoms with van der Waals surface area (Å²) in [4.78, 5) is 35.8. The maximum Gasteiger partial charge on any atom is 0.323 e. The van der Waals surface area contributed by atoms with E-state index >= 15 is 0 Å². The van der Waals surface area contributed by atoms with E-state index < -0.39 is 23.7 Å². The topological polar surface area (TPSA) is 93.1 Å². The number of ether oxygens (including phenoxy) is 2. The highest BCUT2D eigenvalue weighted by Gasteiger charge is 2.36. The van der Waals surface area contributed by atoms with Gasteiger partial charge in [0.1, 0.15) is 19.0 Å². The van der Waals surface area contributed by atoms with Gasteiger partial charge in [-0.1, -0.05) is 24.3 Å². The summed E-state index contributed by atoms with van der Waals surface area (Å²) in [5.41, 5.74) is 0.966. The molecule has 1 saturated heterocycles. The van der Waals surface area contributed by atoms with Crippen molar-refractivity contribution in [2.24, 2.45) is 0 Å². The molecule has 0 aliphatic carbocycles. The third kappa shape index (κ3) is 4.98. The SMILES string of the molecule is CCOc1cc(/C=C2/SC(=O)N(CC(=O)O)C2=O)ccc1OCc1ccccc1F. The zero-order valence-electron chi connectivity index (χ0n) is 16.0. The molecule has 156 valence electrons. The van der Waals surface area contributed by atoms with Crippen molar-refractivity contribution >= 4 is 35.0 Å². The van der Waals surface area contributed by atoms with E-state index in [4.69, 9.17) is 14.6 Å². The molecule has 1 aliphatic rings. The highest BCUT2D eigenvalue weighted by atomic mass is 32.2. The fourth-order valence-corrected chi connectivity index (χ4v) is 3.53. The van der Waals surface area contributed by atoms with Gasteiger partial charge in [-0.3, -0.25) is 19.3 Å². The summed E-state index contributed by atoms with van der Waals surface area (Å²) in [6.07, 6.45) is 1.48. The summed E-state index contributed by atoms with van der Waals surface area (Å²) < 4.78 is 25.1. The van der Waals surface area contributed by atoms with Crippen molar-refractivity contribution < 1.29 is 33.4 Å². The van der Waals surface area contributed by atoms with E-state index in [1.807, 2.05) is 0 Å². The number of carbonyl (C=O) groups excluding carboxylic acids is 2. The van der Waals surface area contributed by atoms with E-state index in [-0.39, 0.29) is 17.3 Å². The van der Waals surface area contributed by atoms with Crippen LogP contribution in [0.15, 0.2) is 47.4 Å². The van der Waals surface area contributed by atoms with Gasteiger partial charge in [0.25, 0.3) is 11.1 Å². The van der Waals surface area contributed by atoms with Gasteiger partial charge >= 0.3 is 5.97 Å². The van der Waals surface area contributed by atoms with Gasteiger partial charge in [-0.05, 0) is 48.5 Å². The number of carboxylic acid groups (broad SMARTS) is 1. The van der Waals surface area contributed by atoms with Gasteiger partial charge in [0.15, 0.2) is 11.5 Å². The lowest BCUT2D eigenvalue weighted by atomic mass is 10.1. The van der Waals surface area contributed by atoms with Gasteiger partial charge in [0.05, 0.1) is 11.5 Å². The van der Waals surface area contributed by atoms with Gasteiger partial charge in [0.2, 0.25) is 0 Å². The molecule has 1 aliphatic heterocycles. The van der Waals surface area contributed by atoms with Crippen LogP contribution >= 0.6 is 11.8 Å². The van der Waals surface area contributed by atoms with Crippen molar-refractivity contribution in [3.8, 4) is 11.5 Å². The quantitative estimate of drug-likeness (QED) is 0.633. The van der Waals surface area contributed by atoms with Crippen molar-refractivity contribution in [3.05, 3.63) is 64.3 Å². The van der Waals surface area contributed by atoms with Crippen LogP contribution in [0.4, 0.5) is 9.18 Å². The van der Waals surface area contributed by atoms with E-state index in [0.717, 1.165) is 0 Å². The van der Waals surface area contributed by atoms with Crippen LogP contribution in [0.1, 0.15) is 18.1 Å². The lowest BCUT2D eigenvalue weighted by Crippen LogP contribution is -2.33. The number of nitrogens with zero attached hydrogens (tertiary/aromatic N) is 1. The van der Waals surface area contributed by atoms with Gasteiger partial charge in [-0.2, -0.15) is 0 Å². The van der Waals surface area contributed by atoms with E-state index in [1.165, 1.54) is 12.1 Å². The third-order valence-electron chi connectivity index (χ3n) is 4.07. The van der Waals surface area contributed by atoms with Crippen LogP contribution in [0.25, 0.3) is 6.08 Å². The fourth-order valence-electron chi connectivity index (χ4n) is 2.70. The summed E-state index contributed by atoms with van der Waals surface area (Å²) in [5, 5.41) is 8.20. The number of hydrogen-bond donors (Lipinski definition) is 1. The van der Waals surface area contributed by atoms with E-state index in [2.05, 4.69) is 0 Å². The van der Waals surface area contributed by atoms with Gasteiger partial charge in [-0.15, -0.1) is 0 Å². The predicted octanol–water partition coefficient (Wildman–Crippen LogP) is 3.92. The first-order chi connectivity index (χ1) is 14.4. The minimum Gasteiger partial charge on any atom is -0.490 e. The zero-order valence-corrected chi connectivity index (χ0v) is 16.8. The highest BCUT2D eigenvalue weighted by Crippen LogP contribution is 2.35. The second-order valence-corrected chi connectivity index (χ2v) is 7.17. The Morgan fingerprint density at radius 2 is 1.93 bits per heavy atom. The van der Waals surface area contributed by atoms with Crippen LogP contribution in [0.3, 0.4) is 0 Å². The molecule has 30 heavy (non-hydrogen) atoms. The third-order valence-corrected chi connectivity index (χ3v) is 4.98. The number of amides is 2. The molecule has 2 amide bonds. The molecule has 2 aromatic rings. The Hall–Kier alpha value is -3.33. The molecule has 9 heteroatoms. The number of rotatable bonds is 8. The standard InChI is InChI=1S/C21H18FNO6S/c1-2-28-17-9-13(10-18-20(26)23(11-19(24)25)21(27)30-18)7-8-16(17)29-12-14-5-3-4-6-15(14)22/h3-10H,2,11-12H2,1H3,(H,24,25)/b18-10+. The Labute approximate surface area is 176 Å². The Morgan fingerprint density at radius 3 is 2.63 bits per heavy atom. The monoisotopic (exact) mass is 431 g/mol. The molecule has 0 radical (unpaired) electrons. The number of hydrogen-bond acceptors (Lipinski definition) is 6. The van der Waals surface area contributed by atoms with E-state index in [0.29, 0.717) is 45.9 Å². The number of carbonyl (C=O) groups is 3. The van der Waals surface area contributed by atoms with Crippen LogP contribution in [-0.4, -0.2) is 40.3 Å². The maximum absolute atomic E-state index is 13.8. The Balaban J connectivity index is 1.80.